The highest BCUT2D eigenvalue weighted by Crippen LogP contribution is 2.38. The molecule has 3 aliphatic heterocycles. The Kier molecular flexibility index (Phi) is 9.24. The number of aromatic amines is 1. The molecule has 0 spiro atoms. The lowest BCUT2D eigenvalue weighted by Gasteiger charge is -2.39. The minimum absolute atomic E-state index is 0.0831. The molecule has 2 N–H and O–H groups in total. The molecule has 0 atom stereocenters. The summed E-state index contributed by atoms with van der Waals surface area (Å²) in [4.78, 5) is 34.6. The lowest BCUT2D eigenvalue weighted by molar-refractivity contribution is -0.110. The Morgan fingerprint density at radius 3 is 2.52 bits per heavy atom. The second-order valence-corrected chi connectivity index (χ2v) is 11.7. The third-order valence-electron chi connectivity index (χ3n) is 9.35. The van der Waals surface area contributed by atoms with Gasteiger partial charge in [-0.15, -0.1) is 0 Å². The van der Waals surface area contributed by atoms with Crippen LogP contribution in [-0.2, 0) is 9.53 Å². The highest BCUT2D eigenvalue weighted by Gasteiger charge is 2.30. The molecule has 2 fully saturated rings. The van der Waals surface area contributed by atoms with Gasteiger partial charge in [0.1, 0.15) is 0 Å². The number of rotatable bonds is 10. The summed E-state index contributed by atoms with van der Waals surface area (Å²) in [5, 5.41) is 3.05. The van der Waals surface area contributed by atoms with Crippen LogP contribution in [0.1, 0.15) is 96.7 Å². The predicted molar refractivity (Wildman–Crippen MR) is 162 cm³/mol. The quantitative estimate of drug-likeness (QED) is 0.292. The normalized spacial score (nSPS) is 19.9. The smallest absolute Gasteiger partial charge is 0.256 e. The van der Waals surface area contributed by atoms with Gasteiger partial charge in [0.2, 0.25) is 0 Å². The van der Waals surface area contributed by atoms with Crippen LogP contribution in [0.3, 0.4) is 0 Å². The molecule has 7 nitrogen and oxygen atoms in total. The number of fused-ring (bicyclic) bond motifs is 1. The maximum Gasteiger partial charge on any atom is 0.256 e. The Bertz CT molecular complexity index is 1240. The zero-order chi connectivity index (χ0) is 28.2. The van der Waals surface area contributed by atoms with Crippen molar-refractivity contribution < 1.29 is 14.3 Å². The first-order valence-corrected chi connectivity index (χ1v) is 15.3. The summed E-state index contributed by atoms with van der Waals surface area (Å²) in [6, 6.07) is 7.14. The molecule has 0 aliphatic carbocycles. The first-order valence-electron chi connectivity index (χ1n) is 15.3. The maximum absolute atomic E-state index is 13.2. The Morgan fingerprint density at radius 1 is 1.10 bits per heavy atom. The van der Waals surface area contributed by atoms with Crippen molar-refractivity contribution in [2.24, 2.45) is 0 Å². The molecule has 3 aliphatic rings. The molecule has 216 valence electrons. The average molecular weight is 547 g/mol. The molecule has 0 unspecified atom stereocenters. The van der Waals surface area contributed by atoms with Crippen molar-refractivity contribution in [3.63, 3.8) is 0 Å². The van der Waals surface area contributed by atoms with Crippen molar-refractivity contribution in [2.75, 3.05) is 51.3 Å². The minimum Gasteiger partial charge on any atom is -0.381 e. The zero-order valence-corrected chi connectivity index (χ0v) is 24.8. The number of Topliss-reactive ketones (excluding diaryl/α,β-unsaturated/α-hetero) is 1. The van der Waals surface area contributed by atoms with Crippen molar-refractivity contribution in [3.8, 4) is 0 Å². The van der Waals surface area contributed by atoms with E-state index in [9.17, 15) is 9.59 Å². The summed E-state index contributed by atoms with van der Waals surface area (Å²) < 4.78 is 5.56. The van der Waals surface area contributed by atoms with E-state index in [0.717, 1.165) is 112 Å². The highest BCUT2D eigenvalue weighted by molar-refractivity contribution is 6.35. The number of aryl methyl sites for hydroxylation is 1. The summed E-state index contributed by atoms with van der Waals surface area (Å²) >= 11 is 0. The van der Waals surface area contributed by atoms with Gasteiger partial charge in [-0.3, -0.25) is 9.59 Å². The van der Waals surface area contributed by atoms with E-state index in [1.54, 1.807) is 0 Å². The number of aromatic nitrogens is 1. The van der Waals surface area contributed by atoms with Gasteiger partial charge in [-0.25, -0.2) is 0 Å². The van der Waals surface area contributed by atoms with Crippen molar-refractivity contribution in [1.82, 2.24) is 14.8 Å². The summed E-state index contributed by atoms with van der Waals surface area (Å²) in [7, 11) is 0. The monoisotopic (exact) mass is 546 g/mol. The van der Waals surface area contributed by atoms with E-state index >= 15 is 0 Å². The number of ketones is 1. The molecule has 1 aromatic heterocycles. The number of nitrogens with zero attached hydrogens (tertiary/aromatic N) is 2. The number of carbonyl (C=O) groups excluding carboxylic acids is 2. The average Bonchev–Trinajstić information content (AvgIpc) is 3.44. The van der Waals surface area contributed by atoms with Gasteiger partial charge >= 0.3 is 0 Å². The molecule has 0 bridgehead atoms. The number of nitrogens with one attached hydrogen (secondary N) is 2. The van der Waals surface area contributed by atoms with E-state index in [1.165, 1.54) is 5.56 Å². The second-order valence-electron chi connectivity index (χ2n) is 11.7. The Hall–Kier alpha value is -2.74. The fourth-order valence-corrected chi connectivity index (χ4v) is 6.86. The summed E-state index contributed by atoms with van der Waals surface area (Å²) in [6.07, 6.45) is 7.91. The van der Waals surface area contributed by atoms with Gasteiger partial charge in [0, 0.05) is 53.9 Å². The fraction of sp³-hybridized carbons (Fsp3) is 0.576. The molecule has 7 heteroatoms. The second kappa shape index (κ2) is 12.8. The number of hydrogen-bond donors (Lipinski definition) is 2. The van der Waals surface area contributed by atoms with Crippen LogP contribution in [0.2, 0.25) is 0 Å². The Morgan fingerprint density at radius 2 is 1.82 bits per heavy atom. The molecule has 40 heavy (non-hydrogen) atoms. The molecule has 2 aromatic rings. The first-order chi connectivity index (χ1) is 19.4. The number of benzene rings is 1. The van der Waals surface area contributed by atoms with E-state index in [1.807, 2.05) is 19.9 Å². The van der Waals surface area contributed by atoms with Gasteiger partial charge in [0.15, 0.2) is 5.78 Å². The SMILES string of the molecule is CCN(CC)CCCC(=O)c1c(C)[nH]c(/C=C2\C(=O)Nc3ccc(C4CCN(C5CCOCC5)CC4)cc32)c1C. The number of carbonyl (C=O) groups is 2. The molecule has 0 saturated carbocycles. The molecule has 1 amide bonds. The van der Waals surface area contributed by atoms with Gasteiger partial charge < -0.3 is 24.8 Å². The van der Waals surface area contributed by atoms with Gasteiger partial charge in [-0.05, 0) is 114 Å². The predicted octanol–water partition coefficient (Wildman–Crippen LogP) is 5.79. The standard InChI is InChI=1S/C33H46N4O3/c1-5-36(6-2)15-7-8-31(38)32-22(3)30(34-23(32)4)21-28-27-20-25(9-10-29(27)35-33(28)39)24-11-16-37(17-12-24)26-13-18-40-19-14-26/h9-10,20-21,24,26,34H,5-8,11-19H2,1-4H3,(H,35,39)/b28-21-. The van der Waals surface area contributed by atoms with Crippen LogP contribution in [0.25, 0.3) is 11.6 Å². The van der Waals surface area contributed by atoms with Crippen molar-refractivity contribution in [3.05, 3.63) is 51.8 Å². The lowest BCUT2D eigenvalue weighted by Crippen LogP contribution is -2.43. The fourth-order valence-electron chi connectivity index (χ4n) is 6.86. The molecule has 0 radical (unpaired) electrons. The number of H-pyrrole nitrogens is 1. The van der Waals surface area contributed by atoms with Crippen molar-refractivity contribution in [1.29, 1.82) is 0 Å². The Labute approximate surface area is 239 Å². The van der Waals surface area contributed by atoms with Crippen LogP contribution in [0.15, 0.2) is 18.2 Å². The van der Waals surface area contributed by atoms with Crippen LogP contribution < -0.4 is 5.32 Å². The van der Waals surface area contributed by atoms with E-state index in [0.29, 0.717) is 24.0 Å². The van der Waals surface area contributed by atoms with Crippen LogP contribution in [0, 0.1) is 13.8 Å². The van der Waals surface area contributed by atoms with Gasteiger partial charge in [0.25, 0.3) is 5.91 Å². The number of amides is 1. The topological polar surface area (TPSA) is 77.7 Å². The third-order valence-corrected chi connectivity index (χ3v) is 9.35. The van der Waals surface area contributed by atoms with E-state index < -0.39 is 0 Å². The van der Waals surface area contributed by atoms with E-state index in [2.05, 4.69) is 52.1 Å². The van der Waals surface area contributed by atoms with E-state index in [-0.39, 0.29) is 11.7 Å². The molecule has 1 aromatic carbocycles. The number of piperidine rings is 1. The molecule has 2 saturated heterocycles. The molecular formula is C33H46N4O3. The maximum atomic E-state index is 13.2. The largest absolute Gasteiger partial charge is 0.381 e. The first kappa shape index (κ1) is 28.8. The van der Waals surface area contributed by atoms with Gasteiger partial charge in [0.05, 0.1) is 5.57 Å². The zero-order valence-electron chi connectivity index (χ0n) is 24.8. The molecule has 5 rings (SSSR count). The molecular weight excluding hydrogens is 500 g/mol. The highest BCUT2D eigenvalue weighted by atomic mass is 16.5. The third kappa shape index (κ3) is 6.12. The van der Waals surface area contributed by atoms with Gasteiger partial charge in [-0.2, -0.15) is 0 Å². The van der Waals surface area contributed by atoms with Crippen LogP contribution in [0.5, 0.6) is 0 Å². The van der Waals surface area contributed by atoms with Crippen LogP contribution >= 0.6 is 0 Å². The summed E-state index contributed by atoms with van der Waals surface area (Å²) in [5.74, 6) is 0.599. The summed E-state index contributed by atoms with van der Waals surface area (Å²) in [5.41, 5.74) is 7.24. The number of hydrogen-bond acceptors (Lipinski definition) is 5. The number of anilines is 1. The van der Waals surface area contributed by atoms with Crippen molar-refractivity contribution in [2.45, 2.75) is 78.2 Å². The van der Waals surface area contributed by atoms with Gasteiger partial charge in [-0.1, -0.05) is 19.9 Å². The Balaban J connectivity index is 1.30. The number of likely N-dealkylation sites (tertiary alicyclic amines) is 1. The van der Waals surface area contributed by atoms with Crippen molar-refractivity contribution >= 4 is 29.0 Å². The lowest BCUT2D eigenvalue weighted by atomic mass is 9.86. The van der Waals surface area contributed by atoms with Crippen LogP contribution in [0.4, 0.5) is 5.69 Å². The minimum atomic E-state index is -0.0831. The van der Waals surface area contributed by atoms with E-state index in [4.69, 9.17) is 4.74 Å². The number of ether oxygens (including phenoxy) is 1. The van der Waals surface area contributed by atoms with Crippen LogP contribution in [-0.4, -0.2) is 78.5 Å². The molecule has 4 heterocycles. The summed E-state index contributed by atoms with van der Waals surface area (Å²) in [6.45, 7) is 15.2.